The third kappa shape index (κ3) is 5.38. The number of pyridine rings is 1. The number of ether oxygens (including phenoxy) is 1. The number of benzene rings is 1. The van der Waals surface area contributed by atoms with E-state index >= 15 is 0 Å². The Labute approximate surface area is 178 Å². The van der Waals surface area contributed by atoms with Gasteiger partial charge in [-0.1, -0.05) is 32.9 Å². The van der Waals surface area contributed by atoms with E-state index in [2.05, 4.69) is 43.2 Å². The summed E-state index contributed by atoms with van der Waals surface area (Å²) in [5, 5.41) is 2.93. The number of hydrogen-bond acceptors (Lipinski definition) is 4. The molecule has 0 unspecified atom stereocenters. The first-order chi connectivity index (χ1) is 14.4. The highest BCUT2D eigenvalue weighted by atomic mass is 16.5. The van der Waals surface area contributed by atoms with Crippen LogP contribution in [0.3, 0.4) is 0 Å². The SMILES string of the molecule is CCC(C)(C)c1ccc2c(c1)N(CCCC(=O)NCCc1ccccn1)C(=O)CO2. The lowest BCUT2D eigenvalue weighted by Crippen LogP contribution is -2.40. The first kappa shape index (κ1) is 21.8. The van der Waals surface area contributed by atoms with Crippen molar-refractivity contribution < 1.29 is 14.3 Å². The van der Waals surface area contributed by atoms with Gasteiger partial charge in [0.25, 0.3) is 5.91 Å². The van der Waals surface area contributed by atoms with Gasteiger partial charge in [0.05, 0.1) is 5.69 Å². The number of aromatic nitrogens is 1. The summed E-state index contributed by atoms with van der Waals surface area (Å²) in [6.45, 7) is 7.65. The standard InChI is InChI=1S/C24H31N3O3/c1-4-24(2,3)18-10-11-21-20(16-18)27(23(29)17-30-21)15-7-9-22(28)26-14-12-19-8-5-6-13-25-19/h5-6,8,10-11,13,16H,4,7,9,12,14-15,17H2,1-3H3,(H,26,28). The normalized spacial score (nSPS) is 13.6. The lowest BCUT2D eigenvalue weighted by atomic mass is 9.82. The van der Waals surface area contributed by atoms with Crippen LogP contribution in [0.15, 0.2) is 42.6 Å². The summed E-state index contributed by atoms with van der Waals surface area (Å²) >= 11 is 0. The van der Waals surface area contributed by atoms with Crippen molar-refractivity contribution in [2.45, 2.75) is 51.9 Å². The number of carbonyl (C=O) groups is 2. The van der Waals surface area contributed by atoms with Crippen molar-refractivity contribution in [3.05, 3.63) is 53.9 Å². The first-order valence-corrected chi connectivity index (χ1v) is 10.6. The predicted molar refractivity (Wildman–Crippen MR) is 118 cm³/mol. The third-order valence-electron chi connectivity index (χ3n) is 5.78. The molecule has 0 radical (unpaired) electrons. The van der Waals surface area contributed by atoms with E-state index in [9.17, 15) is 9.59 Å². The largest absolute Gasteiger partial charge is 0.482 e. The van der Waals surface area contributed by atoms with Gasteiger partial charge in [0.15, 0.2) is 6.61 Å². The summed E-state index contributed by atoms with van der Waals surface area (Å²) in [5.41, 5.74) is 2.97. The molecule has 0 saturated heterocycles. The van der Waals surface area contributed by atoms with Crippen molar-refractivity contribution in [3.63, 3.8) is 0 Å². The number of hydrogen-bond donors (Lipinski definition) is 1. The van der Waals surface area contributed by atoms with Gasteiger partial charge in [-0.25, -0.2) is 0 Å². The van der Waals surface area contributed by atoms with E-state index in [1.165, 1.54) is 5.56 Å². The maximum atomic E-state index is 12.5. The molecule has 1 aliphatic rings. The van der Waals surface area contributed by atoms with Crippen molar-refractivity contribution in [1.82, 2.24) is 10.3 Å². The van der Waals surface area contributed by atoms with Crippen LogP contribution in [0.1, 0.15) is 51.3 Å². The molecule has 2 amide bonds. The van der Waals surface area contributed by atoms with Gasteiger partial charge in [0, 0.05) is 37.8 Å². The van der Waals surface area contributed by atoms with Crippen LogP contribution in [0, 0.1) is 0 Å². The number of carbonyl (C=O) groups excluding carboxylic acids is 2. The van der Waals surface area contributed by atoms with E-state index < -0.39 is 0 Å². The fourth-order valence-electron chi connectivity index (χ4n) is 3.43. The molecule has 0 bridgehead atoms. The summed E-state index contributed by atoms with van der Waals surface area (Å²) in [7, 11) is 0. The Hall–Kier alpha value is -2.89. The number of fused-ring (bicyclic) bond motifs is 1. The Kier molecular flexibility index (Phi) is 7.08. The fourth-order valence-corrected chi connectivity index (χ4v) is 3.43. The van der Waals surface area contributed by atoms with Gasteiger partial charge < -0.3 is 15.0 Å². The van der Waals surface area contributed by atoms with Crippen molar-refractivity contribution in [2.75, 3.05) is 24.6 Å². The number of rotatable bonds is 9. The number of anilines is 1. The molecule has 0 aliphatic carbocycles. The van der Waals surface area contributed by atoms with Gasteiger partial charge in [0.2, 0.25) is 5.91 Å². The van der Waals surface area contributed by atoms with Gasteiger partial charge in [-0.15, -0.1) is 0 Å². The summed E-state index contributed by atoms with van der Waals surface area (Å²) in [6, 6.07) is 11.8. The molecule has 1 aliphatic heterocycles. The van der Waals surface area contributed by atoms with E-state index in [0.29, 0.717) is 32.4 Å². The summed E-state index contributed by atoms with van der Waals surface area (Å²) < 4.78 is 5.61. The fraction of sp³-hybridized carbons (Fsp3) is 0.458. The Bertz CT molecular complexity index is 881. The Morgan fingerprint density at radius 3 is 2.83 bits per heavy atom. The molecular weight excluding hydrogens is 378 g/mol. The molecule has 0 spiro atoms. The second kappa shape index (κ2) is 9.74. The topological polar surface area (TPSA) is 71.5 Å². The zero-order valence-corrected chi connectivity index (χ0v) is 18.1. The second-order valence-electron chi connectivity index (χ2n) is 8.28. The molecule has 0 atom stereocenters. The highest BCUT2D eigenvalue weighted by molar-refractivity contribution is 5.98. The Morgan fingerprint density at radius 2 is 2.10 bits per heavy atom. The van der Waals surface area contributed by atoms with E-state index in [1.54, 1.807) is 11.1 Å². The van der Waals surface area contributed by atoms with Gasteiger partial charge in [-0.05, 0) is 48.1 Å². The molecule has 2 aromatic rings. The highest BCUT2D eigenvalue weighted by Gasteiger charge is 2.28. The highest BCUT2D eigenvalue weighted by Crippen LogP contribution is 2.37. The smallest absolute Gasteiger partial charge is 0.265 e. The minimum atomic E-state index is -0.0653. The summed E-state index contributed by atoms with van der Waals surface area (Å²) in [5.74, 6) is 0.655. The minimum absolute atomic E-state index is 0.00673. The minimum Gasteiger partial charge on any atom is -0.482 e. The predicted octanol–water partition coefficient (Wildman–Crippen LogP) is 3.63. The first-order valence-electron chi connectivity index (χ1n) is 10.6. The zero-order chi connectivity index (χ0) is 21.6. The number of nitrogens with one attached hydrogen (secondary N) is 1. The Balaban J connectivity index is 1.54. The Morgan fingerprint density at radius 1 is 1.27 bits per heavy atom. The average molecular weight is 410 g/mol. The van der Waals surface area contributed by atoms with Gasteiger partial charge in [-0.2, -0.15) is 0 Å². The number of nitrogens with zero attached hydrogens (tertiary/aromatic N) is 2. The van der Waals surface area contributed by atoms with E-state index in [0.717, 1.165) is 23.6 Å². The molecule has 0 fully saturated rings. The van der Waals surface area contributed by atoms with Gasteiger partial charge in [0.1, 0.15) is 5.75 Å². The second-order valence-corrected chi connectivity index (χ2v) is 8.28. The summed E-state index contributed by atoms with van der Waals surface area (Å²) in [6.07, 6.45) is 4.43. The van der Waals surface area contributed by atoms with Gasteiger partial charge in [-0.3, -0.25) is 14.6 Å². The van der Waals surface area contributed by atoms with Crippen LogP contribution in [-0.2, 0) is 21.4 Å². The van der Waals surface area contributed by atoms with Crippen LogP contribution in [0.4, 0.5) is 5.69 Å². The molecule has 3 rings (SSSR count). The zero-order valence-electron chi connectivity index (χ0n) is 18.1. The average Bonchev–Trinajstić information content (AvgIpc) is 2.75. The van der Waals surface area contributed by atoms with Crippen LogP contribution in [0.5, 0.6) is 5.75 Å². The molecule has 30 heavy (non-hydrogen) atoms. The maximum absolute atomic E-state index is 12.5. The van der Waals surface area contributed by atoms with Crippen molar-refractivity contribution in [2.24, 2.45) is 0 Å². The van der Waals surface area contributed by atoms with Crippen LogP contribution in [-0.4, -0.2) is 36.5 Å². The lowest BCUT2D eigenvalue weighted by molar-refractivity contribution is -0.122. The third-order valence-corrected chi connectivity index (χ3v) is 5.78. The quantitative estimate of drug-likeness (QED) is 0.686. The van der Waals surface area contributed by atoms with E-state index in [1.807, 2.05) is 24.3 Å². The molecular formula is C24H31N3O3. The molecule has 0 saturated carbocycles. The van der Waals surface area contributed by atoms with Crippen LogP contribution in [0.25, 0.3) is 0 Å². The lowest BCUT2D eigenvalue weighted by Gasteiger charge is -2.32. The van der Waals surface area contributed by atoms with E-state index in [4.69, 9.17) is 4.74 Å². The van der Waals surface area contributed by atoms with Crippen LogP contribution in [0.2, 0.25) is 0 Å². The van der Waals surface area contributed by atoms with Crippen LogP contribution < -0.4 is 15.0 Å². The summed E-state index contributed by atoms with van der Waals surface area (Å²) in [4.78, 5) is 30.7. The molecule has 2 heterocycles. The van der Waals surface area contributed by atoms with Crippen molar-refractivity contribution >= 4 is 17.5 Å². The monoisotopic (exact) mass is 409 g/mol. The van der Waals surface area contributed by atoms with Gasteiger partial charge >= 0.3 is 0 Å². The van der Waals surface area contributed by atoms with Crippen molar-refractivity contribution in [1.29, 1.82) is 0 Å². The molecule has 1 aromatic carbocycles. The molecule has 6 heteroatoms. The molecule has 6 nitrogen and oxygen atoms in total. The van der Waals surface area contributed by atoms with E-state index in [-0.39, 0.29) is 23.8 Å². The molecule has 1 N–H and O–H groups in total. The van der Waals surface area contributed by atoms with Crippen LogP contribution >= 0.6 is 0 Å². The maximum Gasteiger partial charge on any atom is 0.265 e. The molecule has 160 valence electrons. The van der Waals surface area contributed by atoms with Crippen molar-refractivity contribution in [3.8, 4) is 5.75 Å². The molecule has 1 aromatic heterocycles. The number of amides is 2.